The molecule has 0 saturated carbocycles. The van der Waals surface area contributed by atoms with Crippen molar-refractivity contribution in [2.24, 2.45) is 0 Å². The molecule has 0 unspecified atom stereocenters. The number of imidazole rings is 1. The van der Waals surface area contributed by atoms with E-state index in [1.54, 1.807) is 19.9 Å². The lowest BCUT2D eigenvalue weighted by Crippen LogP contribution is -2.01. The van der Waals surface area contributed by atoms with Crippen LogP contribution in [-0.2, 0) is 6.54 Å². The summed E-state index contributed by atoms with van der Waals surface area (Å²) in [5, 5.41) is 3.84. The van der Waals surface area contributed by atoms with Gasteiger partial charge in [-0.1, -0.05) is 5.16 Å². The van der Waals surface area contributed by atoms with Crippen LogP contribution in [0.5, 0.6) is 0 Å². The number of aromatic amines is 1. The fourth-order valence-corrected chi connectivity index (χ4v) is 2.26. The van der Waals surface area contributed by atoms with Gasteiger partial charge in [-0.05, 0) is 36.8 Å². The maximum Gasteiger partial charge on any atom is 0.223 e. The number of aryl methyl sites for hydroxylation is 2. The fourth-order valence-electron chi connectivity index (χ4n) is 1.99. The summed E-state index contributed by atoms with van der Waals surface area (Å²) in [4.78, 5) is 7.11. The number of nitrogens with one attached hydrogen (secondary N) is 1. The molecular weight excluding hydrogens is 267 g/mol. The third-order valence-electron chi connectivity index (χ3n) is 2.92. The molecule has 0 saturated heterocycles. The zero-order chi connectivity index (χ0) is 13.6. The van der Waals surface area contributed by atoms with Crippen LogP contribution in [0.15, 0.2) is 16.7 Å². The second-order valence-electron chi connectivity index (χ2n) is 4.36. The van der Waals surface area contributed by atoms with Gasteiger partial charge in [0.25, 0.3) is 0 Å². The van der Waals surface area contributed by atoms with E-state index in [1.807, 2.05) is 4.57 Å². The number of hydrogen-bond acceptors (Lipinski definition) is 4. The lowest BCUT2D eigenvalue weighted by atomic mass is 10.2. The monoisotopic (exact) mass is 278 g/mol. The van der Waals surface area contributed by atoms with Gasteiger partial charge in [-0.3, -0.25) is 0 Å². The Morgan fingerprint density at radius 3 is 2.89 bits per heavy atom. The van der Waals surface area contributed by atoms with E-state index in [0.717, 1.165) is 5.52 Å². The summed E-state index contributed by atoms with van der Waals surface area (Å²) in [7, 11) is 0. The normalized spacial score (nSPS) is 11.3. The van der Waals surface area contributed by atoms with Crippen molar-refractivity contribution in [2.75, 3.05) is 0 Å². The maximum atomic E-state index is 13.5. The smallest absolute Gasteiger partial charge is 0.223 e. The molecule has 0 aliphatic rings. The van der Waals surface area contributed by atoms with E-state index < -0.39 is 0 Å². The Kier molecular flexibility index (Phi) is 2.70. The Morgan fingerprint density at radius 1 is 1.42 bits per heavy atom. The Hall–Kier alpha value is -2.02. The minimum atomic E-state index is -0.258. The van der Waals surface area contributed by atoms with Crippen LogP contribution >= 0.6 is 12.2 Å². The summed E-state index contributed by atoms with van der Waals surface area (Å²) in [6.07, 6.45) is 0. The summed E-state index contributed by atoms with van der Waals surface area (Å²) >= 11 is 5.24. The standard InChI is InChI=1S/C12H11FN4OS/c1-6-3-10-9(4-8(6)13)15-12(19)17(10)5-11-14-7(2)18-16-11/h3-4H,5H2,1-2H3,(H,15,19). The topological polar surface area (TPSA) is 59.6 Å². The van der Waals surface area contributed by atoms with E-state index in [4.69, 9.17) is 16.7 Å². The van der Waals surface area contributed by atoms with Crippen LogP contribution in [0.3, 0.4) is 0 Å². The highest BCUT2D eigenvalue weighted by molar-refractivity contribution is 7.71. The molecule has 19 heavy (non-hydrogen) atoms. The van der Waals surface area contributed by atoms with E-state index in [2.05, 4.69) is 15.1 Å². The number of fused-ring (bicyclic) bond motifs is 1. The zero-order valence-corrected chi connectivity index (χ0v) is 11.2. The number of nitrogens with zero attached hydrogens (tertiary/aromatic N) is 3. The molecule has 7 heteroatoms. The molecule has 0 aliphatic carbocycles. The number of halogens is 1. The predicted molar refractivity (Wildman–Crippen MR) is 70.0 cm³/mol. The largest absolute Gasteiger partial charge is 0.340 e. The Labute approximate surface area is 113 Å². The molecule has 1 N–H and O–H groups in total. The van der Waals surface area contributed by atoms with Crippen LogP contribution in [0.4, 0.5) is 4.39 Å². The second-order valence-corrected chi connectivity index (χ2v) is 4.75. The summed E-state index contributed by atoms with van der Waals surface area (Å²) in [5.41, 5.74) is 2.05. The highest BCUT2D eigenvalue weighted by atomic mass is 32.1. The molecule has 0 bridgehead atoms. The average molecular weight is 278 g/mol. The van der Waals surface area contributed by atoms with Gasteiger partial charge in [0, 0.05) is 6.92 Å². The Bertz CT molecular complexity index is 817. The van der Waals surface area contributed by atoms with Crippen molar-refractivity contribution >= 4 is 23.3 Å². The molecule has 0 radical (unpaired) electrons. The molecule has 3 rings (SSSR count). The molecule has 2 heterocycles. The number of rotatable bonds is 2. The van der Waals surface area contributed by atoms with Crippen LogP contribution < -0.4 is 0 Å². The van der Waals surface area contributed by atoms with E-state index in [0.29, 0.717) is 34.1 Å². The van der Waals surface area contributed by atoms with Crippen molar-refractivity contribution in [1.29, 1.82) is 0 Å². The van der Waals surface area contributed by atoms with Gasteiger partial charge < -0.3 is 14.1 Å². The van der Waals surface area contributed by atoms with Crippen molar-refractivity contribution < 1.29 is 8.91 Å². The third-order valence-corrected chi connectivity index (χ3v) is 3.25. The first-order chi connectivity index (χ1) is 9.04. The molecule has 0 aliphatic heterocycles. The average Bonchev–Trinajstić information content (AvgIpc) is 2.87. The first-order valence-corrected chi connectivity index (χ1v) is 6.13. The quantitative estimate of drug-likeness (QED) is 0.732. The van der Waals surface area contributed by atoms with Crippen molar-refractivity contribution in [3.8, 4) is 0 Å². The Balaban J connectivity index is 2.15. The minimum Gasteiger partial charge on any atom is -0.340 e. The molecule has 0 atom stereocenters. The molecule has 2 aromatic heterocycles. The first-order valence-electron chi connectivity index (χ1n) is 5.72. The van der Waals surface area contributed by atoms with Gasteiger partial charge in [-0.25, -0.2) is 4.39 Å². The highest BCUT2D eigenvalue weighted by Crippen LogP contribution is 2.19. The van der Waals surface area contributed by atoms with E-state index >= 15 is 0 Å². The van der Waals surface area contributed by atoms with E-state index in [1.165, 1.54) is 6.07 Å². The fraction of sp³-hybridized carbons (Fsp3) is 0.250. The molecule has 1 aromatic carbocycles. The van der Waals surface area contributed by atoms with Crippen LogP contribution in [0.25, 0.3) is 11.0 Å². The minimum absolute atomic E-state index is 0.258. The van der Waals surface area contributed by atoms with Crippen molar-refractivity contribution in [1.82, 2.24) is 19.7 Å². The van der Waals surface area contributed by atoms with Gasteiger partial charge in [-0.15, -0.1) is 0 Å². The molecule has 0 amide bonds. The van der Waals surface area contributed by atoms with Crippen molar-refractivity contribution in [3.05, 3.63) is 40.0 Å². The third kappa shape index (κ3) is 2.06. The van der Waals surface area contributed by atoms with Crippen LogP contribution in [0.2, 0.25) is 0 Å². The summed E-state index contributed by atoms with van der Waals surface area (Å²) in [6.45, 7) is 3.83. The molecule has 98 valence electrons. The maximum absolute atomic E-state index is 13.5. The van der Waals surface area contributed by atoms with Gasteiger partial charge in [-0.2, -0.15) is 4.98 Å². The number of benzene rings is 1. The summed E-state index contributed by atoms with van der Waals surface area (Å²) < 4.78 is 20.8. The van der Waals surface area contributed by atoms with Crippen LogP contribution in [-0.4, -0.2) is 19.7 Å². The van der Waals surface area contributed by atoms with Gasteiger partial charge in [0.1, 0.15) is 5.82 Å². The molecule has 0 fully saturated rings. The van der Waals surface area contributed by atoms with Crippen molar-refractivity contribution in [3.63, 3.8) is 0 Å². The molecular formula is C12H11FN4OS. The summed E-state index contributed by atoms with van der Waals surface area (Å²) in [6, 6.07) is 3.20. The van der Waals surface area contributed by atoms with Crippen LogP contribution in [0.1, 0.15) is 17.3 Å². The van der Waals surface area contributed by atoms with Gasteiger partial charge in [0.05, 0.1) is 17.6 Å². The van der Waals surface area contributed by atoms with Gasteiger partial charge >= 0.3 is 0 Å². The first kappa shape index (κ1) is 12.0. The second kappa shape index (κ2) is 4.27. The number of H-pyrrole nitrogens is 1. The lowest BCUT2D eigenvalue weighted by molar-refractivity contribution is 0.386. The SMILES string of the molecule is Cc1nc(Cn2c(=S)[nH]c3cc(F)c(C)cc32)no1. The van der Waals surface area contributed by atoms with E-state index in [9.17, 15) is 4.39 Å². The van der Waals surface area contributed by atoms with Gasteiger partial charge in [0.15, 0.2) is 10.6 Å². The van der Waals surface area contributed by atoms with Crippen LogP contribution in [0, 0.1) is 24.4 Å². The highest BCUT2D eigenvalue weighted by Gasteiger charge is 2.11. The molecule has 0 spiro atoms. The Morgan fingerprint density at radius 2 is 2.21 bits per heavy atom. The summed E-state index contributed by atoms with van der Waals surface area (Å²) in [5.74, 6) is 0.784. The predicted octanol–water partition coefficient (Wildman–Crippen LogP) is 2.89. The molecule has 5 nitrogen and oxygen atoms in total. The van der Waals surface area contributed by atoms with Crippen molar-refractivity contribution in [2.45, 2.75) is 20.4 Å². The number of hydrogen-bond donors (Lipinski definition) is 1. The molecule has 3 aromatic rings. The van der Waals surface area contributed by atoms with E-state index in [-0.39, 0.29) is 5.82 Å². The van der Waals surface area contributed by atoms with Gasteiger partial charge in [0.2, 0.25) is 5.89 Å². The zero-order valence-electron chi connectivity index (χ0n) is 10.4. The number of aromatic nitrogens is 4. The lowest BCUT2D eigenvalue weighted by Gasteiger charge is -2.02.